The number of carboxylic acid groups (broad SMARTS) is 13. The Morgan fingerprint density at radius 3 is 0.671 bits per heavy atom. The second-order valence-corrected chi connectivity index (χ2v) is 13.0. The standard InChI is InChI=1S/C12H14O13.2C10H16N2O8.3Na.2H2O.3H/c13-5(14)1-11(24,9(20)21)4-8(19)25-12(10(22)23,2-6(15)16)3-7(17)18;2*13-7(14)3-11(4-8(15)16)1-2-12(5-9(17)18)6-10(19)20;;;;;;;;/h24H,1-4H2,(H,13,14)(H,15,16)(H,17,18)(H,20,21)(H,22,23);2*1-6H2,(H,13,14)(H,15,16)(H,17,18)(H,19,20);;;;2*1H2;;;/q;;;3*+1;;;3*-1. The predicted molar refractivity (Wildman–Crippen MR) is 208 cm³/mol. The summed E-state index contributed by atoms with van der Waals surface area (Å²) >= 11 is 0. The first kappa shape index (κ1) is 82.2. The Morgan fingerprint density at radius 1 is 0.329 bits per heavy atom. The molecule has 35 nitrogen and oxygen atoms in total. The predicted octanol–water partition coefficient (Wildman–Crippen LogP) is -16.5. The number of carbonyl (C=O) groups is 14. The molecule has 0 aromatic heterocycles. The molecule has 1 atom stereocenters. The van der Waals surface area contributed by atoms with Crippen molar-refractivity contribution in [3.05, 3.63) is 0 Å². The van der Waals surface area contributed by atoms with Crippen molar-refractivity contribution in [2.45, 2.75) is 36.9 Å². The number of rotatable bonds is 33. The van der Waals surface area contributed by atoms with Crippen molar-refractivity contribution in [3.63, 3.8) is 0 Å². The summed E-state index contributed by atoms with van der Waals surface area (Å²) in [7, 11) is 0. The van der Waals surface area contributed by atoms with Crippen LogP contribution in [0.3, 0.4) is 0 Å². The molecule has 0 aromatic carbocycles. The van der Waals surface area contributed by atoms with E-state index in [1.807, 2.05) is 0 Å². The molecule has 0 rings (SSSR count). The van der Waals surface area contributed by atoms with Gasteiger partial charge in [-0.1, -0.05) is 0 Å². The van der Waals surface area contributed by atoms with Crippen LogP contribution in [-0.2, 0) is 71.9 Å². The minimum absolute atomic E-state index is 0. The van der Waals surface area contributed by atoms with Gasteiger partial charge in [0.05, 0.1) is 78.0 Å². The van der Waals surface area contributed by atoms with Crippen molar-refractivity contribution in [2.75, 3.05) is 78.5 Å². The summed E-state index contributed by atoms with van der Waals surface area (Å²) in [5.74, 6) is -21.4. The van der Waals surface area contributed by atoms with Crippen LogP contribution in [0.1, 0.15) is 30.0 Å². The largest absolute Gasteiger partial charge is 1.00 e. The molecule has 0 saturated heterocycles. The van der Waals surface area contributed by atoms with E-state index in [9.17, 15) is 72.2 Å². The Bertz CT molecular complexity index is 1580. The number of ether oxygens (including phenoxy) is 1. The number of hydrogen-bond acceptors (Lipinski definition) is 20. The molecule has 0 heterocycles. The van der Waals surface area contributed by atoms with E-state index < -0.39 is 173 Å². The first-order chi connectivity index (χ1) is 29.6. The minimum Gasteiger partial charge on any atom is -1.00 e. The maximum Gasteiger partial charge on any atom is 1.00 e. The first-order valence-corrected chi connectivity index (χ1v) is 17.3. The van der Waals surface area contributed by atoms with E-state index >= 15 is 0 Å². The van der Waals surface area contributed by atoms with Gasteiger partial charge >= 0.3 is 172 Å². The van der Waals surface area contributed by atoms with Gasteiger partial charge in [-0.3, -0.25) is 77.1 Å². The SMILES string of the molecule is O.O.O=C(O)CC(O)(CC(=O)OC(CC(=O)O)(CC(=O)O)C(=O)O)C(=O)O.O=C(O)CN(CCN(CC(=O)O)CC(=O)O)CC(=O)O.O=C(O)CN(CCN(CC(=O)O)CC(=O)O)CC(=O)O.[H-].[H-].[H-].[Na+].[Na+].[Na+]. The zero-order valence-electron chi connectivity index (χ0n) is 40.5. The van der Waals surface area contributed by atoms with Crippen LogP contribution in [0.5, 0.6) is 0 Å². The fraction of sp³-hybridized carbons (Fsp3) is 0.562. The fourth-order valence-electron chi connectivity index (χ4n) is 4.73. The summed E-state index contributed by atoms with van der Waals surface area (Å²) in [5.41, 5.74) is -6.24. The van der Waals surface area contributed by atoms with Crippen LogP contribution in [0.4, 0.5) is 0 Å². The molecule has 0 bridgehead atoms. The molecular formula is C32H53N4Na3O31. The molecule has 0 aromatic rings. The van der Waals surface area contributed by atoms with E-state index in [1.54, 1.807) is 0 Å². The van der Waals surface area contributed by atoms with Gasteiger partial charge in [0.25, 0.3) is 0 Å². The monoisotopic (exact) mass is 1060 g/mol. The molecule has 0 fully saturated rings. The Hall–Kier alpha value is -4.70. The van der Waals surface area contributed by atoms with Crippen LogP contribution in [-0.4, -0.2) is 275 Å². The summed E-state index contributed by atoms with van der Waals surface area (Å²) in [4.78, 5) is 155. The molecule has 38 heteroatoms. The van der Waals surface area contributed by atoms with Gasteiger partial charge in [-0.2, -0.15) is 0 Å². The van der Waals surface area contributed by atoms with Crippen LogP contribution in [0, 0.1) is 0 Å². The smallest absolute Gasteiger partial charge is 1.00 e. The average Bonchev–Trinajstić information content (AvgIpc) is 3.06. The Kier molecular flexibility index (Phi) is 49.4. The molecule has 70 heavy (non-hydrogen) atoms. The third kappa shape index (κ3) is 44.5. The topological polar surface area (TPSA) is 607 Å². The number of aliphatic carboxylic acids is 13. The van der Waals surface area contributed by atoms with Gasteiger partial charge in [-0.05, 0) is 0 Å². The zero-order valence-corrected chi connectivity index (χ0v) is 43.5. The first-order valence-electron chi connectivity index (χ1n) is 17.3. The Balaban J connectivity index is -0.0000000838. The Morgan fingerprint density at radius 2 is 0.529 bits per heavy atom. The Labute approximate surface area is 462 Å². The molecule has 0 aliphatic carbocycles. The van der Waals surface area contributed by atoms with Crippen LogP contribution < -0.4 is 88.7 Å². The molecule has 0 spiro atoms. The van der Waals surface area contributed by atoms with E-state index in [4.69, 9.17) is 66.4 Å². The average molecular weight is 1060 g/mol. The second-order valence-electron chi connectivity index (χ2n) is 13.0. The van der Waals surface area contributed by atoms with Gasteiger partial charge in [-0.15, -0.1) is 0 Å². The normalized spacial score (nSPS) is 10.9. The number of hydrogen-bond donors (Lipinski definition) is 14. The molecule has 0 aliphatic heterocycles. The van der Waals surface area contributed by atoms with E-state index in [1.165, 1.54) is 0 Å². The fourth-order valence-corrected chi connectivity index (χ4v) is 4.73. The maximum absolute atomic E-state index is 11.7. The van der Waals surface area contributed by atoms with Gasteiger partial charge < -0.3 is 91.5 Å². The number of esters is 1. The van der Waals surface area contributed by atoms with Crippen molar-refractivity contribution in [1.82, 2.24) is 19.6 Å². The molecule has 0 aliphatic rings. The van der Waals surface area contributed by atoms with E-state index in [-0.39, 0.29) is 130 Å². The number of carbonyl (C=O) groups excluding carboxylic acids is 1. The summed E-state index contributed by atoms with van der Waals surface area (Å²) in [6.45, 7) is -4.50. The van der Waals surface area contributed by atoms with Gasteiger partial charge in [-0.25, -0.2) is 9.59 Å². The second kappa shape index (κ2) is 42.0. The molecule has 390 valence electrons. The minimum atomic E-state index is -3.17. The van der Waals surface area contributed by atoms with E-state index in [2.05, 4.69) is 4.74 Å². The summed E-state index contributed by atoms with van der Waals surface area (Å²) in [6.07, 6.45) is -5.94. The molecule has 0 saturated carbocycles. The quantitative estimate of drug-likeness (QED) is 0.0214. The molecular weight excluding hydrogens is 1010 g/mol. The summed E-state index contributed by atoms with van der Waals surface area (Å²) in [6, 6.07) is 0. The van der Waals surface area contributed by atoms with Crippen LogP contribution in [0.25, 0.3) is 0 Å². The van der Waals surface area contributed by atoms with Crippen molar-refractivity contribution in [1.29, 1.82) is 0 Å². The maximum atomic E-state index is 11.7. The van der Waals surface area contributed by atoms with Gasteiger partial charge in [0, 0.05) is 26.2 Å². The third-order valence-corrected chi connectivity index (χ3v) is 7.19. The van der Waals surface area contributed by atoms with Gasteiger partial charge in [0.15, 0.2) is 5.60 Å². The third-order valence-electron chi connectivity index (χ3n) is 7.19. The van der Waals surface area contributed by atoms with Crippen molar-refractivity contribution >= 4 is 83.6 Å². The van der Waals surface area contributed by atoms with Crippen LogP contribution in [0.2, 0.25) is 0 Å². The van der Waals surface area contributed by atoms with Crippen LogP contribution >= 0.6 is 0 Å². The molecule has 18 N–H and O–H groups in total. The molecule has 1 unspecified atom stereocenters. The van der Waals surface area contributed by atoms with E-state index in [0.29, 0.717) is 0 Å². The zero-order chi connectivity index (χ0) is 51.4. The molecule has 0 radical (unpaired) electrons. The van der Waals surface area contributed by atoms with Gasteiger partial charge in [0.2, 0.25) is 5.60 Å². The molecule has 0 amide bonds. The van der Waals surface area contributed by atoms with Gasteiger partial charge in [0.1, 0.15) is 0 Å². The van der Waals surface area contributed by atoms with Crippen molar-refractivity contribution in [3.8, 4) is 0 Å². The number of carboxylic acids is 13. The summed E-state index contributed by atoms with van der Waals surface area (Å²) in [5, 5.41) is 122. The van der Waals surface area contributed by atoms with Crippen molar-refractivity contribution < 1.29 is 247 Å². The number of aliphatic hydroxyl groups is 1. The van der Waals surface area contributed by atoms with E-state index in [0.717, 1.165) is 19.6 Å². The summed E-state index contributed by atoms with van der Waals surface area (Å²) < 4.78 is 4.33. The van der Waals surface area contributed by atoms with Crippen molar-refractivity contribution in [2.24, 2.45) is 0 Å². The number of nitrogens with zero attached hydrogens (tertiary/aromatic N) is 4. The van der Waals surface area contributed by atoms with Crippen LogP contribution in [0.15, 0.2) is 0 Å².